The lowest BCUT2D eigenvalue weighted by atomic mass is 10.0. The van der Waals surface area contributed by atoms with E-state index in [0.717, 1.165) is 16.7 Å². The second-order valence-electron chi connectivity index (χ2n) is 5.83. The maximum Gasteiger partial charge on any atom is 0.197 e. The molecule has 4 rings (SSSR count). The zero-order chi connectivity index (χ0) is 17.4. The lowest BCUT2D eigenvalue weighted by molar-refractivity contribution is 0.480. The topological polar surface area (TPSA) is 76.5 Å². The van der Waals surface area contributed by atoms with Crippen molar-refractivity contribution in [1.82, 2.24) is 0 Å². The average molecular weight is 329 g/mol. The van der Waals surface area contributed by atoms with Gasteiger partial charge in [0.2, 0.25) is 0 Å². The van der Waals surface area contributed by atoms with E-state index < -0.39 is 0 Å². The van der Waals surface area contributed by atoms with E-state index in [1.165, 1.54) is 6.07 Å². The first kappa shape index (κ1) is 15.0. The molecule has 0 radical (unpaired) electrons. The summed E-state index contributed by atoms with van der Waals surface area (Å²) in [5, 5.41) is 10.5. The van der Waals surface area contributed by atoms with Crippen LogP contribution in [0.4, 0.5) is 5.69 Å². The quantitative estimate of drug-likeness (QED) is 0.534. The zero-order valence-electron chi connectivity index (χ0n) is 13.3. The summed E-state index contributed by atoms with van der Waals surface area (Å²) in [4.78, 5) is 12.4. The normalized spacial score (nSPS) is 10.9. The second kappa shape index (κ2) is 5.83. The van der Waals surface area contributed by atoms with Crippen LogP contribution in [-0.2, 0) is 0 Å². The van der Waals surface area contributed by atoms with Crippen LogP contribution in [-0.4, -0.2) is 5.11 Å². The number of aromatic hydroxyl groups is 1. The van der Waals surface area contributed by atoms with Crippen LogP contribution in [0.3, 0.4) is 0 Å². The Hall–Kier alpha value is -3.53. The summed E-state index contributed by atoms with van der Waals surface area (Å²) >= 11 is 0. The highest BCUT2D eigenvalue weighted by Crippen LogP contribution is 2.32. The molecule has 0 spiro atoms. The minimum Gasteiger partial charge on any atom is -0.507 e. The van der Waals surface area contributed by atoms with Crippen LogP contribution >= 0.6 is 0 Å². The molecule has 0 unspecified atom stereocenters. The highest BCUT2D eigenvalue weighted by atomic mass is 16.3. The maximum atomic E-state index is 12.4. The number of rotatable bonds is 2. The third kappa shape index (κ3) is 2.74. The van der Waals surface area contributed by atoms with Gasteiger partial charge in [-0.2, -0.15) is 0 Å². The van der Waals surface area contributed by atoms with Gasteiger partial charge in [-0.1, -0.05) is 42.5 Å². The fourth-order valence-corrected chi connectivity index (χ4v) is 2.85. The predicted octanol–water partition coefficient (Wildman–Crippen LogP) is 4.41. The van der Waals surface area contributed by atoms with Gasteiger partial charge in [-0.15, -0.1) is 0 Å². The number of phenols is 1. The van der Waals surface area contributed by atoms with Crippen LogP contribution in [0, 0.1) is 0 Å². The first-order chi connectivity index (χ1) is 12.1. The molecule has 122 valence electrons. The first-order valence-electron chi connectivity index (χ1n) is 7.84. The minimum absolute atomic E-state index is 0.0994. The molecule has 25 heavy (non-hydrogen) atoms. The Morgan fingerprint density at radius 3 is 2.24 bits per heavy atom. The number of benzene rings is 3. The van der Waals surface area contributed by atoms with E-state index in [0.29, 0.717) is 17.0 Å². The molecule has 0 saturated heterocycles. The highest BCUT2D eigenvalue weighted by molar-refractivity contribution is 5.89. The third-order valence-electron chi connectivity index (χ3n) is 4.11. The lowest BCUT2D eigenvalue weighted by Crippen LogP contribution is -2.01. The van der Waals surface area contributed by atoms with E-state index in [2.05, 4.69) is 0 Å². The van der Waals surface area contributed by atoms with E-state index in [4.69, 9.17) is 10.2 Å². The molecule has 4 nitrogen and oxygen atoms in total. The van der Waals surface area contributed by atoms with Gasteiger partial charge in [-0.25, -0.2) is 0 Å². The monoisotopic (exact) mass is 329 g/mol. The van der Waals surface area contributed by atoms with E-state index in [-0.39, 0.29) is 16.6 Å². The summed E-state index contributed by atoms with van der Waals surface area (Å²) in [6.07, 6.45) is 0. The first-order valence-corrected chi connectivity index (χ1v) is 7.84. The molecule has 0 amide bonds. The lowest BCUT2D eigenvalue weighted by Gasteiger charge is -2.08. The molecule has 0 fully saturated rings. The molecule has 0 aliphatic heterocycles. The molecule has 3 N–H and O–H groups in total. The number of fused-ring (bicyclic) bond motifs is 1. The molecule has 3 aromatic carbocycles. The van der Waals surface area contributed by atoms with Crippen molar-refractivity contribution in [2.75, 3.05) is 5.73 Å². The van der Waals surface area contributed by atoms with Gasteiger partial charge in [0.15, 0.2) is 5.43 Å². The Morgan fingerprint density at radius 2 is 1.52 bits per heavy atom. The summed E-state index contributed by atoms with van der Waals surface area (Å²) in [5.41, 5.74) is 8.88. The number of phenolic OH excluding ortho intramolecular Hbond substituents is 1. The van der Waals surface area contributed by atoms with E-state index in [1.54, 1.807) is 24.3 Å². The molecular formula is C21H15NO3. The van der Waals surface area contributed by atoms with Gasteiger partial charge in [0.1, 0.15) is 22.5 Å². The van der Waals surface area contributed by atoms with Gasteiger partial charge >= 0.3 is 0 Å². The van der Waals surface area contributed by atoms with Crippen molar-refractivity contribution >= 4 is 16.7 Å². The van der Waals surface area contributed by atoms with E-state index >= 15 is 0 Å². The fraction of sp³-hybridized carbons (Fsp3) is 0. The van der Waals surface area contributed by atoms with Crippen molar-refractivity contribution in [2.45, 2.75) is 0 Å². The third-order valence-corrected chi connectivity index (χ3v) is 4.11. The number of nitrogens with two attached hydrogens (primary N) is 1. The summed E-state index contributed by atoms with van der Waals surface area (Å²) in [6, 6.07) is 21.4. The van der Waals surface area contributed by atoms with Crippen LogP contribution in [0.25, 0.3) is 33.4 Å². The standard InChI is InChI=1S/C21H15NO3/c22-16-8-6-13(7-9-16)15-10-17(23)21-18(24)12-19(25-20(21)11-15)14-4-2-1-3-5-14/h1-12,23H,22H2. The Kier molecular flexibility index (Phi) is 3.51. The van der Waals surface area contributed by atoms with Crippen LogP contribution in [0.1, 0.15) is 0 Å². The Bertz CT molecular complexity index is 1110. The number of anilines is 1. The summed E-state index contributed by atoms with van der Waals surface area (Å²) in [6.45, 7) is 0. The van der Waals surface area contributed by atoms with E-state index in [1.807, 2.05) is 42.5 Å². The molecule has 4 aromatic rings. The molecule has 0 bridgehead atoms. The van der Waals surface area contributed by atoms with E-state index in [9.17, 15) is 9.90 Å². The van der Waals surface area contributed by atoms with Crippen LogP contribution < -0.4 is 11.2 Å². The van der Waals surface area contributed by atoms with Crippen molar-refractivity contribution in [3.63, 3.8) is 0 Å². The summed E-state index contributed by atoms with van der Waals surface area (Å²) in [5.74, 6) is 0.365. The van der Waals surface area contributed by atoms with Crippen LogP contribution in [0.5, 0.6) is 5.75 Å². The molecule has 1 aromatic heterocycles. The Balaban J connectivity index is 1.95. The summed E-state index contributed by atoms with van der Waals surface area (Å²) in [7, 11) is 0. The number of hydrogen-bond donors (Lipinski definition) is 2. The predicted molar refractivity (Wildman–Crippen MR) is 99.4 cm³/mol. The molecular weight excluding hydrogens is 314 g/mol. The van der Waals surface area contributed by atoms with Gasteiger partial charge in [-0.05, 0) is 35.4 Å². The highest BCUT2D eigenvalue weighted by Gasteiger charge is 2.13. The molecule has 0 saturated carbocycles. The van der Waals surface area contributed by atoms with Crippen molar-refractivity contribution in [3.05, 3.63) is 83.0 Å². The van der Waals surface area contributed by atoms with Gasteiger partial charge < -0.3 is 15.3 Å². The molecule has 0 aliphatic carbocycles. The van der Waals surface area contributed by atoms with Crippen LogP contribution in [0.15, 0.2) is 82.0 Å². The Labute approximate surface area is 143 Å². The summed E-state index contributed by atoms with van der Waals surface area (Å²) < 4.78 is 5.91. The number of hydrogen-bond acceptors (Lipinski definition) is 4. The SMILES string of the molecule is Nc1ccc(-c2cc(O)c3c(=O)cc(-c4ccccc4)oc3c2)cc1. The van der Waals surface area contributed by atoms with Crippen molar-refractivity contribution in [1.29, 1.82) is 0 Å². The van der Waals surface area contributed by atoms with Crippen molar-refractivity contribution < 1.29 is 9.52 Å². The fourth-order valence-electron chi connectivity index (χ4n) is 2.85. The zero-order valence-corrected chi connectivity index (χ0v) is 13.3. The van der Waals surface area contributed by atoms with Crippen molar-refractivity contribution in [2.24, 2.45) is 0 Å². The Morgan fingerprint density at radius 1 is 0.800 bits per heavy atom. The molecule has 4 heteroatoms. The molecule has 1 heterocycles. The van der Waals surface area contributed by atoms with Gasteiger partial charge in [0.25, 0.3) is 0 Å². The van der Waals surface area contributed by atoms with Crippen molar-refractivity contribution in [3.8, 4) is 28.2 Å². The minimum atomic E-state index is -0.276. The van der Waals surface area contributed by atoms with Crippen LogP contribution in [0.2, 0.25) is 0 Å². The molecule has 0 aliphatic rings. The van der Waals surface area contributed by atoms with Gasteiger partial charge in [0, 0.05) is 17.3 Å². The largest absolute Gasteiger partial charge is 0.507 e. The smallest absolute Gasteiger partial charge is 0.197 e. The van der Waals surface area contributed by atoms with Gasteiger partial charge in [0.05, 0.1) is 0 Å². The second-order valence-corrected chi connectivity index (χ2v) is 5.83. The average Bonchev–Trinajstić information content (AvgIpc) is 2.62. The van der Waals surface area contributed by atoms with Gasteiger partial charge in [-0.3, -0.25) is 4.79 Å². The number of nitrogen functional groups attached to an aromatic ring is 1. The molecule has 0 atom stereocenters. The maximum absolute atomic E-state index is 12.4.